The number of fused-ring (bicyclic) bond motifs is 1. The molecule has 3 rings (SSSR count). The van der Waals surface area contributed by atoms with Crippen LogP contribution in [0.3, 0.4) is 0 Å². The van der Waals surface area contributed by atoms with Crippen molar-refractivity contribution in [2.45, 2.75) is 27.7 Å². The first-order valence-corrected chi connectivity index (χ1v) is 11.7. The summed E-state index contributed by atoms with van der Waals surface area (Å²) in [4.78, 5) is 12.8. The zero-order valence-electron chi connectivity index (χ0n) is 16.7. The summed E-state index contributed by atoms with van der Waals surface area (Å²) in [6.07, 6.45) is 0. The van der Waals surface area contributed by atoms with Crippen molar-refractivity contribution in [3.63, 3.8) is 0 Å². The first kappa shape index (κ1) is 22.0. The highest BCUT2D eigenvalue weighted by Crippen LogP contribution is 2.49. The predicted molar refractivity (Wildman–Crippen MR) is 122 cm³/mol. The lowest BCUT2D eigenvalue weighted by Crippen LogP contribution is -2.25. The second-order valence-electron chi connectivity index (χ2n) is 6.63. The van der Waals surface area contributed by atoms with Gasteiger partial charge in [-0.05, 0) is 69.2 Å². The Kier molecular flexibility index (Phi) is 6.49. The molecule has 1 heterocycles. The number of nitrogens with zero attached hydrogens (tertiary/aromatic N) is 1. The number of carbonyl (C=O) groups excluding carboxylic acids is 1. The van der Waals surface area contributed by atoms with Crippen molar-refractivity contribution in [1.82, 2.24) is 3.97 Å². The molecule has 0 spiro atoms. The summed E-state index contributed by atoms with van der Waals surface area (Å²) in [5.41, 5.74) is 2.73. The second-order valence-corrected chi connectivity index (χ2v) is 9.79. The normalized spacial score (nSPS) is 13.4. The fourth-order valence-corrected chi connectivity index (χ4v) is 6.38. The van der Waals surface area contributed by atoms with Crippen molar-refractivity contribution in [2.75, 3.05) is 13.2 Å². The number of carbonyl (C=O) groups is 1. The molecule has 3 aromatic rings. The molecule has 0 aliphatic carbocycles. The average Bonchev–Trinajstić information content (AvgIpc) is 2.96. The van der Waals surface area contributed by atoms with Gasteiger partial charge in [0, 0.05) is 15.7 Å². The van der Waals surface area contributed by atoms with Gasteiger partial charge in [-0.15, -0.1) is 0 Å². The minimum atomic E-state index is -3.66. The molecule has 5 nitrogen and oxygen atoms in total. The van der Waals surface area contributed by atoms with Gasteiger partial charge in [-0.1, -0.05) is 30.5 Å². The molecule has 0 saturated carbocycles. The van der Waals surface area contributed by atoms with Gasteiger partial charge in [0.15, 0.2) is 5.69 Å². The maximum Gasteiger partial charge on any atom is 0.356 e. The summed E-state index contributed by atoms with van der Waals surface area (Å²) >= 11 is 10.7. The van der Waals surface area contributed by atoms with Gasteiger partial charge in [-0.25, -0.2) is 4.79 Å². The van der Waals surface area contributed by atoms with Gasteiger partial charge >= 0.3 is 5.97 Å². The second kappa shape index (κ2) is 8.57. The van der Waals surface area contributed by atoms with Gasteiger partial charge < -0.3 is 9.26 Å². The minimum Gasteiger partial charge on any atom is -0.461 e. The first-order valence-electron chi connectivity index (χ1n) is 9.27. The number of hydrogen-bond acceptors (Lipinski definition) is 5. The standard InChI is InChI=1S/C21H23ClNO4PS/c1-5-26-21(24)19-20(17-12-15(22)8-10-18(17)23(19)29)28(25,27-6-2)16-9-7-13(3)14(4)11-16/h7-12,29H,5-6H2,1-4H3. The van der Waals surface area contributed by atoms with Crippen molar-refractivity contribution >= 4 is 59.3 Å². The van der Waals surface area contributed by atoms with E-state index in [4.69, 9.17) is 20.9 Å². The fourth-order valence-electron chi connectivity index (χ4n) is 3.27. The van der Waals surface area contributed by atoms with Gasteiger partial charge in [0.25, 0.3) is 7.37 Å². The van der Waals surface area contributed by atoms with Gasteiger partial charge in [0.2, 0.25) is 0 Å². The summed E-state index contributed by atoms with van der Waals surface area (Å²) in [6, 6.07) is 10.6. The van der Waals surface area contributed by atoms with E-state index in [0.717, 1.165) is 11.1 Å². The van der Waals surface area contributed by atoms with Crippen molar-refractivity contribution < 1.29 is 18.6 Å². The van der Waals surface area contributed by atoms with E-state index < -0.39 is 13.3 Å². The Balaban J connectivity index is 2.44. The summed E-state index contributed by atoms with van der Waals surface area (Å²) in [5, 5.41) is 1.77. The quantitative estimate of drug-likeness (QED) is 0.324. The number of esters is 1. The smallest absolute Gasteiger partial charge is 0.356 e. The van der Waals surface area contributed by atoms with Gasteiger partial charge in [0.1, 0.15) is 0 Å². The van der Waals surface area contributed by atoms with Gasteiger partial charge in [-0.2, -0.15) is 0 Å². The van der Waals surface area contributed by atoms with Gasteiger partial charge in [-0.3, -0.25) is 8.54 Å². The number of benzene rings is 2. The Morgan fingerprint density at radius 3 is 2.45 bits per heavy atom. The van der Waals surface area contributed by atoms with Crippen LogP contribution in [0.25, 0.3) is 10.9 Å². The third kappa shape index (κ3) is 3.87. The topological polar surface area (TPSA) is 57.5 Å². The van der Waals surface area contributed by atoms with Crippen LogP contribution in [0.4, 0.5) is 0 Å². The van der Waals surface area contributed by atoms with Crippen LogP contribution in [0.1, 0.15) is 35.5 Å². The van der Waals surface area contributed by atoms with Crippen LogP contribution < -0.4 is 10.6 Å². The Labute approximate surface area is 181 Å². The summed E-state index contributed by atoms with van der Waals surface area (Å²) in [6.45, 7) is 7.79. The zero-order chi connectivity index (χ0) is 21.3. The van der Waals surface area contributed by atoms with Crippen LogP contribution in [-0.2, 0) is 13.8 Å². The largest absolute Gasteiger partial charge is 0.461 e. The van der Waals surface area contributed by atoms with Crippen molar-refractivity contribution in [1.29, 1.82) is 0 Å². The molecular weight excluding hydrogens is 429 g/mol. The highest BCUT2D eigenvalue weighted by atomic mass is 35.5. The maximum atomic E-state index is 14.4. The van der Waals surface area contributed by atoms with Crippen LogP contribution in [-0.4, -0.2) is 23.2 Å². The number of rotatable bonds is 6. The number of aryl methyl sites for hydroxylation is 2. The van der Waals surface area contributed by atoms with E-state index in [9.17, 15) is 9.36 Å². The van der Waals surface area contributed by atoms with E-state index in [2.05, 4.69) is 12.8 Å². The lowest BCUT2D eigenvalue weighted by atomic mass is 10.1. The molecule has 2 aromatic carbocycles. The minimum absolute atomic E-state index is 0.0856. The average molecular weight is 452 g/mol. The van der Waals surface area contributed by atoms with E-state index in [1.807, 2.05) is 26.0 Å². The Morgan fingerprint density at radius 2 is 1.83 bits per heavy atom. The Bertz CT molecular complexity index is 1140. The maximum absolute atomic E-state index is 14.4. The van der Waals surface area contributed by atoms with Crippen molar-refractivity contribution in [3.05, 3.63) is 58.2 Å². The fraction of sp³-hybridized carbons (Fsp3) is 0.286. The van der Waals surface area contributed by atoms with Crippen LogP contribution in [0.15, 0.2) is 36.4 Å². The van der Waals surface area contributed by atoms with Gasteiger partial charge in [0.05, 0.1) is 24.0 Å². The number of hydrogen-bond donors (Lipinski definition) is 1. The number of ether oxygens (including phenoxy) is 1. The SMILES string of the molecule is CCOC(=O)c1c(P(=O)(OCC)c2ccc(C)c(C)c2)c2cc(Cl)ccc2n1S. The van der Waals surface area contributed by atoms with Crippen molar-refractivity contribution in [3.8, 4) is 0 Å². The Morgan fingerprint density at radius 1 is 1.10 bits per heavy atom. The number of thiol groups is 1. The van der Waals surface area contributed by atoms with Crippen LogP contribution >= 0.6 is 31.8 Å². The van der Waals surface area contributed by atoms with Crippen LogP contribution in [0.2, 0.25) is 5.02 Å². The molecule has 1 atom stereocenters. The molecule has 0 radical (unpaired) electrons. The molecule has 0 bridgehead atoms. The molecule has 8 heteroatoms. The molecule has 0 aliphatic rings. The molecule has 1 aromatic heterocycles. The van der Waals surface area contributed by atoms with Crippen LogP contribution in [0.5, 0.6) is 0 Å². The molecule has 0 fully saturated rings. The third-order valence-electron chi connectivity index (χ3n) is 4.78. The number of aromatic nitrogens is 1. The molecule has 0 amide bonds. The molecule has 29 heavy (non-hydrogen) atoms. The monoisotopic (exact) mass is 451 g/mol. The van der Waals surface area contributed by atoms with Crippen LogP contribution in [0, 0.1) is 13.8 Å². The third-order valence-corrected chi connectivity index (χ3v) is 8.05. The molecule has 0 saturated heterocycles. The lowest BCUT2D eigenvalue weighted by molar-refractivity contribution is 0.0520. The molecule has 1 unspecified atom stereocenters. The summed E-state index contributed by atoms with van der Waals surface area (Å²) in [5.74, 6) is -0.617. The molecular formula is C21H23ClNO4PS. The predicted octanol–water partition coefficient (Wildman–Crippen LogP) is 5.05. The molecule has 0 aliphatic heterocycles. The lowest BCUT2D eigenvalue weighted by Gasteiger charge is -2.20. The highest BCUT2D eigenvalue weighted by molar-refractivity contribution is 7.79. The number of halogens is 1. The van der Waals surface area contributed by atoms with E-state index in [0.29, 0.717) is 21.2 Å². The highest BCUT2D eigenvalue weighted by Gasteiger charge is 2.38. The Hall–Kier alpha value is -1.72. The molecule has 154 valence electrons. The van der Waals surface area contributed by atoms with E-state index in [-0.39, 0.29) is 24.2 Å². The summed E-state index contributed by atoms with van der Waals surface area (Å²) in [7, 11) is -3.66. The summed E-state index contributed by atoms with van der Waals surface area (Å²) < 4.78 is 26.9. The van der Waals surface area contributed by atoms with E-state index in [1.54, 1.807) is 38.1 Å². The van der Waals surface area contributed by atoms with E-state index in [1.165, 1.54) is 3.97 Å². The first-order chi connectivity index (χ1) is 13.7. The van der Waals surface area contributed by atoms with Crippen molar-refractivity contribution in [2.24, 2.45) is 0 Å². The zero-order valence-corrected chi connectivity index (χ0v) is 19.3. The van der Waals surface area contributed by atoms with E-state index >= 15 is 0 Å². The molecule has 0 N–H and O–H groups in total.